The fourth-order valence-corrected chi connectivity index (χ4v) is 3.61. The van der Waals surface area contributed by atoms with Crippen molar-refractivity contribution in [2.45, 2.75) is 33.1 Å². The number of aliphatic imine (C=N–C) groups is 1. The maximum Gasteiger partial charge on any atom is 0.227 e. The molecule has 0 aliphatic carbocycles. The number of aryl methyl sites for hydroxylation is 1. The van der Waals surface area contributed by atoms with Crippen molar-refractivity contribution in [1.82, 2.24) is 4.98 Å². The molecule has 4 aromatic rings. The van der Waals surface area contributed by atoms with Crippen LogP contribution in [0.4, 0.5) is 5.69 Å². The number of aromatic nitrogens is 1. The van der Waals surface area contributed by atoms with E-state index in [9.17, 15) is 5.11 Å². The molecule has 4 rings (SSSR count). The maximum atomic E-state index is 10.1. The molecule has 152 valence electrons. The van der Waals surface area contributed by atoms with Crippen LogP contribution < -0.4 is 0 Å². The molecule has 0 fully saturated rings. The Bertz CT molecular complexity index is 1240. The molecular formula is C25H23ClN2O2. The van der Waals surface area contributed by atoms with Crippen LogP contribution >= 0.6 is 11.6 Å². The summed E-state index contributed by atoms with van der Waals surface area (Å²) >= 11 is 6.05. The molecule has 0 radical (unpaired) electrons. The van der Waals surface area contributed by atoms with Crippen LogP contribution in [0.3, 0.4) is 0 Å². The third kappa shape index (κ3) is 4.10. The van der Waals surface area contributed by atoms with Crippen LogP contribution in [0.25, 0.3) is 22.6 Å². The summed E-state index contributed by atoms with van der Waals surface area (Å²) in [4.78, 5) is 9.18. The monoisotopic (exact) mass is 418 g/mol. The molecule has 3 aromatic carbocycles. The smallest absolute Gasteiger partial charge is 0.227 e. The van der Waals surface area contributed by atoms with E-state index < -0.39 is 0 Å². The highest BCUT2D eigenvalue weighted by molar-refractivity contribution is 6.32. The molecule has 0 amide bonds. The second-order valence-corrected chi connectivity index (χ2v) is 7.96. The van der Waals surface area contributed by atoms with Gasteiger partial charge in [-0.15, -0.1) is 0 Å². The number of rotatable bonds is 5. The summed E-state index contributed by atoms with van der Waals surface area (Å²) in [6.45, 7) is 6.31. The van der Waals surface area contributed by atoms with Crippen molar-refractivity contribution in [2.75, 3.05) is 0 Å². The minimum absolute atomic E-state index is 0.0261. The van der Waals surface area contributed by atoms with Gasteiger partial charge in [0.05, 0.1) is 10.7 Å². The number of fused-ring (bicyclic) bond motifs is 1. The maximum absolute atomic E-state index is 10.1. The van der Waals surface area contributed by atoms with E-state index in [-0.39, 0.29) is 5.75 Å². The zero-order valence-electron chi connectivity index (χ0n) is 17.2. The van der Waals surface area contributed by atoms with Gasteiger partial charge in [0.1, 0.15) is 11.3 Å². The fourth-order valence-electron chi connectivity index (χ4n) is 3.33. The van der Waals surface area contributed by atoms with Gasteiger partial charge in [-0.2, -0.15) is 0 Å². The number of benzene rings is 3. The topological polar surface area (TPSA) is 58.6 Å². The molecule has 5 heteroatoms. The Labute approximate surface area is 180 Å². The van der Waals surface area contributed by atoms with Gasteiger partial charge in [0, 0.05) is 17.3 Å². The van der Waals surface area contributed by atoms with Crippen LogP contribution in [0.15, 0.2) is 64.0 Å². The number of nitrogens with zero attached hydrogens (tertiary/aromatic N) is 2. The van der Waals surface area contributed by atoms with Crippen LogP contribution in [-0.4, -0.2) is 16.3 Å². The first-order valence-electron chi connectivity index (χ1n) is 9.98. The Morgan fingerprint density at radius 2 is 2.00 bits per heavy atom. The number of oxazole rings is 1. The summed E-state index contributed by atoms with van der Waals surface area (Å²) < 4.78 is 5.97. The zero-order valence-corrected chi connectivity index (χ0v) is 17.9. The van der Waals surface area contributed by atoms with Gasteiger partial charge in [-0.05, 0) is 72.9 Å². The predicted octanol–water partition coefficient (Wildman–Crippen LogP) is 7.43. The molecule has 0 aliphatic heterocycles. The average Bonchev–Trinajstić information content (AvgIpc) is 3.18. The first kappa shape index (κ1) is 20.2. The van der Waals surface area contributed by atoms with Crippen LogP contribution in [0.1, 0.15) is 42.9 Å². The lowest BCUT2D eigenvalue weighted by Crippen LogP contribution is -1.90. The van der Waals surface area contributed by atoms with Crippen LogP contribution in [-0.2, 0) is 0 Å². The first-order chi connectivity index (χ1) is 14.4. The summed E-state index contributed by atoms with van der Waals surface area (Å²) in [6.07, 6.45) is 2.69. The van der Waals surface area contributed by atoms with Crippen molar-refractivity contribution >= 4 is 34.6 Å². The lowest BCUT2D eigenvalue weighted by molar-refractivity contribution is 0.474. The standard InChI is InChI=1S/C25H23ClN2O2/c1-4-16(3)17-8-9-23-22(13-17)28-25(30-23)18-6-5-7-20(12-18)27-14-19-10-15(2)11-21(26)24(19)29/h5-14,16,29H,4H2,1-3H3/t16-/m0/s1. The van der Waals surface area contributed by atoms with Crippen molar-refractivity contribution in [1.29, 1.82) is 0 Å². The second-order valence-electron chi connectivity index (χ2n) is 7.55. The highest BCUT2D eigenvalue weighted by atomic mass is 35.5. The molecule has 0 saturated carbocycles. The Morgan fingerprint density at radius 1 is 1.17 bits per heavy atom. The van der Waals surface area contributed by atoms with Crippen molar-refractivity contribution in [2.24, 2.45) is 4.99 Å². The van der Waals surface area contributed by atoms with E-state index >= 15 is 0 Å². The van der Waals surface area contributed by atoms with Crippen molar-refractivity contribution in [3.05, 3.63) is 76.3 Å². The van der Waals surface area contributed by atoms with Crippen LogP contribution in [0.5, 0.6) is 5.75 Å². The lowest BCUT2D eigenvalue weighted by Gasteiger charge is -2.07. The summed E-state index contributed by atoms with van der Waals surface area (Å²) in [5.41, 5.74) is 5.99. The van der Waals surface area contributed by atoms with Gasteiger partial charge >= 0.3 is 0 Å². The number of halogens is 1. The second kappa shape index (κ2) is 8.33. The average molecular weight is 419 g/mol. The Kier molecular flexibility index (Phi) is 5.60. The van der Waals surface area contributed by atoms with Crippen LogP contribution in [0.2, 0.25) is 5.02 Å². The van der Waals surface area contributed by atoms with Gasteiger partial charge in [-0.3, -0.25) is 4.99 Å². The predicted molar refractivity (Wildman–Crippen MR) is 123 cm³/mol. The fraction of sp³-hybridized carbons (Fsp3) is 0.200. The third-order valence-corrected chi connectivity index (χ3v) is 5.56. The molecule has 0 bridgehead atoms. The number of phenolic OH excluding ortho intramolecular Hbond substituents is 1. The quantitative estimate of drug-likeness (QED) is 0.343. The normalized spacial score (nSPS) is 12.7. The molecule has 30 heavy (non-hydrogen) atoms. The number of hydrogen-bond donors (Lipinski definition) is 1. The van der Waals surface area contributed by atoms with E-state index in [0.29, 0.717) is 22.4 Å². The van der Waals surface area contributed by atoms with E-state index in [1.54, 1.807) is 12.3 Å². The van der Waals surface area contributed by atoms with Gasteiger partial charge < -0.3 is 9.52 Å². The Morgan fingerprint density at radius 3 is 2.80 bits per heavy atom. The Hall–Kier alpha value is -3.11. The lowest BCUT2D eigenvalue weighted by atomic mass is 9.98. The van der Waals surface area contributed by atoms with Crippen molar-refractivity contribution < 1.29 is 9.52 Å². The molecule has 1 heterocycles. The summed E-state index contributed by atoms with van der Waals surface area (Å²) in [6, 6.07) is 17.4. The number of phenols is 1. The van der Waals surface area contributed by atoms with E-state index in [1.165, 1.54) is 5.56 Å². The van der Waals surface area contributed by atoms with Gasteiger partial charge in [0.15, 0.2) is 5.58 Å². The zero-order chi connectivity index (χ0) is 21.3. The minimum atomic E-state index is 0.0261. The molecule has 0 spiro atoms. The molecule has 1 N–H and O–H groups in total. The molecule has 1 atom stereocenters. The van der Waals surface area contributed by atoms with Gasteiger partial charge in [-0.1, -0.05) is 37.6 Å². The van der Waals surface area contributed by atoms with E-state index in [4.69, 9.17) is 16.0 Å². The van der Waals surface area contributed by atoms with Gasteiger partial charge in [0.25, 0.3) is 0 Å². The summed E-state index contributed by atoms with van der Waals surface area (Å²) in [5, 5.41) is 10.5. The molecule has 1 aromatic heterocycles. The molecule has 0 saturated heterocycles. The first-order valence-corrected chi connectivity index (χ1v) is 10.4. The summed E-state index contributed by atoms with van der Waals surface area (Å²) in [7, 11) is 0. The van der Waals surface area contributed by atoms with E-state index in [0.717, 1.165) is 34.3 Å². The SMILES string of the molecule is CC[C@H](C)c1ccc2oc(-c3cccc(N=Cc4cc(C)cc(Cl)c4O)c3)nc2c1. The number of hydrogen-bond acceptors (Lipinski definition) is 4. The summed E-state index contributed by atoms with van der Waals surface area (Å²) in [5.74, 6) is 1.07. The Balaban J connectivity index is 1.65. The van der Waals surface area contributed by atoms with Crippen LogP contribution in [0, 0.1) is 6.92 Å². The minimum Gasteiger partial charge on any atom is -0.506 e. The van der Waals surface area contributed by atoms with E-state index in [2.05, 4.69) is 36.0 Å². The highest BCUT2D eigenvalue weighted by Crippen LogP contribution is 2.31. The third-order valence-electron chi connectivity index (χ3n) is 5.28. The van der Waals surface area contributed by atoms with Crippen molar-refractivity contribution in [3.63, 3.8) is 0 Å². The molecule has 0 unspecified atom stereocenters. The number of aromatic hydroxyl groups is 1. The highest BCUT2D eigenvalue weighted by Gasteiger charge is 2.11. The van der Waals surface area contributed by atoms with E-state index in [1.807, 2.05) is 43.3 Å². The largest absolute Gasteiger partial charge is 0.506 e. The molecular weight excluding hydrogens is 396 g/mol. The van der Waals surface area contributed by atoms with Gasteiger partial charge in [0.2, 0.25) is 5.89 Å². The van der Waals surface area contributed by atoms with Crippen molar-refractivity contribution in [3.8, 4) is 17.2 Å². The molecule has 4 nitrogen and oxygen atoms in total. The molecule has 0 aliphatic rings. The van der Waals surface area contributed by atoms with Gasteiger partial charge in [-0.25, -0.2) is 4.98 Å².